The largest absolute Gasteiger partial charge is 0.493 e. The van der Waals surface area contributed by atoms with Crippen molar-refractivity contribution in [2.45, 2.75) is 18.9 Å². The molecule has 0 atom stereocenters. The average molecular weight is 467 g/mol. The Kier molecular flexibility index (Phi) is 5.22. The highest BCUT2D eigenvalue weighted by atomic mass is 19.4. The molecule has 1 aliphatic rings. The summed E-state index contributed by atoms with van der Waals surface area (Å²) in [4.78, 5) is 16.9. The Balaban J connectivity index is 1.78. The van der Waals surface area contributed by atoms with E-state index in [2.05, 4.69) is 4.99 Å². The second-order valence-electron chi connectivity index (χ2n) is 7.43. The van der Waals surface area contributed by atoms with Gasteiger partial charge in [0.25, 0.3) is 0 Å². The van der Waals surface area contributed by atoms with Gasteiger partial charge in [-0.1, -0.05) is 18.2 Å². The van der Waals surface area contributed by atoms with Gasteiger partial charge in [-0.15, -0.1) is 0 Å². The van der Waals surface area contributed by atoms with Gasteiger partial charge in [-0.3, -0.25) is 14.1 Å². The summed E-state index contributed by atoms with van der Waals surface area (Å²) < 4.78 is 80.6. The minimum Gasteiger partial charge on any atom is -0.493 e. The number of benzene rings is 2. The molecule has 5 nitrogen and oxygen atoms in total. The second-order valence-corrected chi connectivity index (χ2v) is 7.43. The van der Waals surface area contributed by atoms with E-state index in [0.29, 0.717) is 28.0 Å². The highest BCUT2D eigenvalue weighted by molar-refractivity contribution is 6.21. The molecule has 11 heteroatoms. The highest BCUT2D eigenvalue weighted by Gasteiger charge is 2.37. The lowest BCUT2D eigenvalue weighted by molar-refractivity contribution is -0.143. The van der Waals surface area contributed by atoms with Crippen molar-refractivity contribution in [2.75, 3.05) is 0 Å². The van der Waals surface area contributed by atoms with Gasteiger partial charge in [-0.2, -0.15) is 26.3 Å². The fourth-order valence-corrected chi connectivity index (χ4v) is 3.56. The van der Waals surface area contributed by atoms with Gasteiger partial charge in [-0.25, -0.2) is 4.79 Å². The molecule has 0 saturated carbocycles. The molecule has 172 valence electrons. The number of imidazole rings is 1. The predicted octanol–water partition coefficient (Wildman–Crippen LogP) is 5.23. The van der Waals surface area contributed by atoms with Crippen LogP contribution in [0.2, 0.25) is 0 Å². The summed E-state index contributed by atoms with van der Waals surface area (Å²) in [6, 6.07) is 8.15. The summed E-state index contributed by atoms with van der Waals surface area (Å²) >= 11 is 0. The fourth-order valence-electron chi connectivity index (χ4n) is 3.56. The maximum absolute atomic E-state index is 13.1. The molecule has 0 fully saturated rings. The van der Waals surface area contributed by atoms with Crippen LogP contribution in [0.15, 0.2) is 52.3 Å². The minimum absolute atomic E-state index is 0.00381. The van der Waals surface area contributed by atoms with Gasteiger partial charge in [-0.05, 0) is 35.9 Å². The lowest BCUT2D eigenvalue weighted by atomic mass is 10.0. The number of aliphatic imine (C=N–C) groups is 1. The molecule has 2 aromatic carbocycles. The zero-order chi connectivity index (χ0) is 24.1. The van der Waals surface area contributed by atoms with E-state index in [-0.39, 0.29) is 11.8 Å². The molecule has 4 rings (SSSR count). The van der Waals surface area contributed by atoms with Crippen LogP contribution >= 0.6 is 0 Å². The molecule has 1 aromatic heterocycles. The van der Waals surface area contributed by atoms with Crippen LogP contribution in [0.5, 0.6) is 5.88 Å². The van der Waals surface area contributed by atoms with Gasteiger partial charge in [0.05, 0.1) is 23.4 Å². The molecule has 0 radical (unpaired) electrons. The Morgan fingerprint density at radius 1 is 1.00 bits per heavy atom. The molecule has 0 spiro atoms. The molecule has 33 heavy (non-hydrogen) atoms. The van der Waals surface area contributed by atoms with Crippen LogP contribution in [0.1, 0.15) is 27.9 Å². The molecule has 1 aliphatic heterocycles. The summed E-state index contributed by atoms with van der Waals surface area (Å²) in [5, 5.41) is 10.6. The maximum Gasteiger partial charge on any atom is 0.416 e. The first-order valence-corrected chi connectivity index (χ1v) is 9.48. The lowest BCUT2D eigenvalue weighted by Gasteiger charge is -2.14. The van der Waals surface area contributed by atoms with E-state index in [1.807, 2.05) is 0 Å². The Bertz CT molecular complexity index is 1330. The first kappa shape index (κ1) is 22.4. The summed E-state index contributed by atoms with van der Waals surface area (Å²) in [7, 11) is 1.33. The third kappa shape index (κ3) is 4.18. The topological polar surface area (TPSA) is 59.5 Å². The quantitative estimate of drug-likeness (QED) is 0.536. The highest BCUT2D eigenvalue weighted by Crippen LogP contribution is 2.37. The Labute approximate surface area is 182 Å². The fraction of sp³-hybridized carbons (Fsp3) is 0.182. The van der Waals surface area contributed by atoms with Crippen molar-refractivity contribution in [2.24, 2.45) is 12.0 Å². The third-order valence-corrected chi connectivity index (χ3v) is 5.20. The third-order valence-electron chi connectivity index (χ3n) is 5.20. The number of aromatic hydroxyl groups is 1. The average Bonchev–Trinajstić information content (AvgIpc) is 3.23. The van der Waals surface area contributed by atoms with Gasteiger partial charge < -0.3 is 5.11 Å². The van der Waals surface area contributed by atoms with Crippen molar-refractivity contribution in [3.63, 3.8) is 0 Å². The second kappa shape index (κ2) is 7.68. The van der Waals surface area contributed by atoms with Gasteiger partial charge >= 0.3 is 18.0 Å². The van der Waals surface area contributed by atoms with Crippen LogP contribution in [0.4, 0.5) is 32.0 Å². The standard InChI is InChI=1S/C22H15F6N3O2/c1-30-18(8-13-10-29-17-5-3-2-4-16(13)17)19(32)31(20(30)33)11-12-6-14(21(23,24)25)9-15(7-12)22(26,27)28/h2-10,32H,11H2,1H3. The predicted molar refractivity (Wildman–Crippen MR) is 109 cm³/mol. The van der Waals surface area contributed by atoms with E-state index < -0.39 is 47.2 Å². The molecular formula is C22H15F6N3O2. The summed E-state index contributed by atoms with van der Waals surface area (Å²) in [5.74, 6) is -0.598. The minimum atomic E-state index is -5.02. The monoisotopic (exact) mass is 467 g/mol. The van der Waals surface area contributed by atoms with Gasteiger partial charge in [0.1, 0.15) is 5.69 Å². The lowest BCUT2D eigenvalue weighted by Crippen LogP contribution is -2.23. The van der Waals surface area contributed by atoms with E-state index in [9.17, 15) is 36.2 Å². The SMILES string of the molecule is Cn1c(C=C2C=Nc3ccccc32)c(O)n(Cc2cc(C(F)(F)F)cc(C(F)(F)F)c2)c1=O. The van der Waals surface area contributed by atoms with E-state index in [1.54, 1.807) is 24.3 Å². The first-order valence-electron chi connectivity index (χ1n) is 9.48. The normalized spacial score (nSPS) is 14.8. The van der Waals surface area contributed by atoms with Crippen molar-refractivity contribution in [1.82, 2.24) is 9.13 Å². The van der Waals surface area contributed by atoms with Gasteiger partial charge in [0.2, 0.25) is 5.88 Å². The van der Waals surface area contributed by atoms with Crippen LogP contribution in [-0.4, -0.2) is 20.5 Å². The number of fused-ring (bicyclic) bond motifs is 1. The zero-order valence-electron chi connectivity index (χ0n) is 16.9. The number of para-hydroxylation sites is 1. The van der Waals surface area contributed by atoms with Crippen molar-refractivity contribution in [3.05, 3.63) is 80.9 Å². The van der Waals surface area contributed by atoms with Gasteiger partial charge in [0, 0.05) is 24.4 Å². The molecule has 0 amide bonds. The van der Waals surface area contributed by atoms with Crippen molar-refractivity contribution < 1.29 is 31.4 Å². The molecule has 0 aliphatic carbocycles. The number of hydrogen-bond acceptors (Lipinski definition) is 3. The molecule has 3 aromatic rings. The molecule has 0 saturated heterocycles. The maximum atomic E-state index is 13.1. The molecule has 0 bridgehead atoms. The van der Waals surface area contributed by atoms with Crippen LogP contribution in [-0.2, 0) is 25.9 Å². The van der Waals surface area contributed by atoms with Crippen LogP contribution in [0.25, 0.3) is 11.6 Å². The van der Waals surface area contributed by atoms with E-state index in [4.69, 9.17) is 0 Å². The first-order chi connectivity index (χ1) is 15.4. The van der Waals surface area contributed by atoms with Crippen molar-refractivity contribution in [3.8, 4) is 5.88 Å². The molecule has 0 unspecified atom stereocenters. The number of nitrogens with zero attached hydrogens (tertiary/aromatic N) is 3. The summed E-state index contributed by atoms with van der Waals surface area (Å²) in [6.45, 7) is -0.695. The Hall–Kier alpha value is -3.76. The van der Waals surface area contributed by atoms with Crippen molar-refractivity contribution >= 4 is 23.6 Å². The molecular weight excluding hydrogens is 452 g/mol. The number of hydrogen-bond donors (Lipinski definition) is 1. The van der Waals surface area contributed by atoms with E-state index in [0.717, 1.165) is 10.1 Å². The molecule has 1 N–H and O–H groups in total. The Morgan fingerprint density at radius 3 is 2.21 bits per heavy atom. The van der Waals surface area contributed by atoms with E-state index >= 15 is 0 Å². The van der Waals surface area contributed by atoms with Crippen molar-refractivity contribution in [1.29, 1.82) is 0 Å². The summed E-state index contributed by atoms with van der Waals surface area (Å²) in [5.41, 5.74) is -2.23. The van der Waals surface area contributed by atoms with Crippen LogP contribution < -0.4 is 5.69 Å². The smallest absolute Gasteiger partial charge is 0.416 e. The van der Waals surface area contributed by atoms with E-state index in [1.165, 1.54) is 19.3 Å². The molecule has 2 heterocycles. The van der Waals surface area contributed by atoms with Crippen LogP contribution in [0, 0.1) is 0 Å². The number of allylic oxidation sites excluding steroid dienone is 1. The number of rotatable bonds is 3. The summed E-state index contributed by atoms with van der Waals surface area (Å²) in [6.07, 6.45) is -7.06. The number of halogens is 6. The van der Waals surface area contributed by atoms with Gasteiger partial charge in [0.15, 0.2) is 0 Å². The Morgan fingerprint density at radius 2 is 1.61 bits per heavy atom. The zero-order valence-corrected chi connectivity index (χ0v) is 16.9. The van der Waals surface area contributed by atoms with Crippen LogP contribution in [0.3, 0.4) is 0 Å². The number of alkyl halides is 6. The number of aromatic nitrogens is 2.